The Morgan fingerprint density at radius 2 is 1.71 bits per heavy atom. The molecule has 86 valence electrons. The van der Waals surface area contributed by atoms with Crippen molar-refractivity contribution < 1.29 is 30.7 Å². The van der Waals surface area contributed by atoms with Gasteiger partial charge in [0, 0.05) is 0 Å². The van der Waals surface area contributed by atoms with Gasteiger partial charge in [-0.25, -0.2) is 0 Å². The van der Waals surface area contributed by atoms with Crippen LogP contribution in [0.5, 0.6) is 0 Å². The third-order valence-electron chi connectivity index (χ3n) is 1.96. The van der Waals surface area contributed by atoms with Gasteiger partial charge in [-0.05, 0) is 0 Å². The number of hydrogen-bond acceptors (Lipinski definition) is 2. The van der Waals surface area contributed by atoms with Crippen molar-refractivity contribution in [2.45, 2.75) is 52.4 Å². The second kappa shape index (κ2) is 11.3. The number of ether oxygens (including phenoxy) is 1. The van der Waals surface area contributed by atoms with E-state index in [1.807, 2.05) is 6.92 Å². The zero-order chi connectivity index (χ0) is 10.6. The van der Waals surface area contributed by atoms with Crippen LogP contribution in [0.4, 0.5) is 4.79 Å². The monoisotopic (exact) mass is 313 g/mol. The average molecular weight is 313 g/mol. The van der Waals surface area contributed by atoms with Gasteiger partial charge in [-0.2, -0.15) is 0 Å². The second-order valence-corrected chi connectivity index (χ2v) is 6.42. The standard InChI is InChI=1S/C11H22IO2/c1-3-5-6-7-8-9-10-14-11(13)12-4-2/h3-10H2,1-2H3/q-1. The zero-order valence-electron chi connectivity index (χ0n) is 9.35. The Kier molecular flexibility index (Phi) is 11.4. The molecule has 0 fully saturated rings. The molecule has 0 atom stereocenters. The molecule has 0 spiro atoms. The van der Waals surface area contributed by atoms with Crippen LogP contribution in [0.15, 0.2) is 0 Å². The van der Waals surface area contributed by atoms with E-state index in [-0.39, 0.29) is 25.2 Å². The number of halogens is 1. The van der Waals surface area contributed by atoms with Crippen molar-refractivity contribution in [2.24, 2.45) is 0 Å². The summed E-state index contributed by atoms with van der Waals surface area (Å²) in [7, 11) is 0. The topological polar surface area (TPSA) is 26.3 Å². The molecular weight excluding hydrogens is 291 g/mol. The summed E-state index contributed by atoms with van der Waals surface area (Å²) in [6.07, 6.45) is 7.48. The molecule has 3 heteroatoms. The van der Waals surface area contributed by atoms with Crippen LogP contribution in [0.3, 0.4) is 0 Å². The third kappa shape index (κ3) is 10.3. The van der Waals surface area contributed by atoms with E-state index in [0.29, 0.717) is 6.61 Å². The maximum atomic E-state index is 11.0. The summed E-state index contributed by atoms with van der Waals surface area (Å²) in [5, 5.41) is 0. The van der Waals surface area contributed by atoms with Crippen molar-refractivity contribution >= 4 is 3.98 Å². The first-order valence-electron chi connectivity index (χ1n) is 5.57. The summed E-state index contributed by atoms with van der Waals surface area (Å²) in [5.74, 6) is 0. The van der Waals surface area contributed by atoms with Crippen LogP contribution in [-0.2, 0) is 4.74 Å². The Morgan fingerprint density at radius 3 is 2.36 bits per heavy atom. The van der Waals surface area contributed by atoms with E-state index >= 15 is 0 Å². The van der Waals surface area contributed by atoms with Gasteiger partial charge in [0.05, 0.1) is 0 Å². The summed E-state index contributed by atoms with van der Waals surface area (Å²) >= 11 is -0.328. The fourth-order valence-corrected chi connectivity index (χ4v) is 2.25. The summed E-state index contributed by atoms with van der Waals surface area (Å²) in [5.41, 5.74) is 0. The van der Waals surface area contributed by atoms with Crippen molar-refractivity contribution in [2.75, 3.05) is 11.0 Å². The van der Waals surface area contributed by atoms with Crippen molar-refractivity contribution in [1.82, 2.24) is 0 Å². The molecule has 0 rings (SSSR count). The van der Waals surface area contributed by atoms with Crippen molar-refractivity contribution in [1.29, 1.82) is 0 Å². The number of carbonyl (C=O) groups is 1. The molecule has 0 unspecified atom stereocenters. The molecule has 0 bridgehead atoms. The predicted molar refractivity (Wildman–Crippen MR) is 55.3 cm³/mol. The number of carbonyl (C=O) groups excluding carboxylic acids is 1. The molecular formula is C11H22IO2-. The Morgan fingerprint density at radius 1 is 1.07 bits per heavy atom. The van der Waals surface area contributed by atoms with E-state index in [4.69, 9.17) is 4.74 Å². The summed E-state index contributed by atoms with van der Waals surface area (Å²) in [6.45, 7) is 4.90. The van der Waals surface area contributed by atoms with E-state index < -0.39 is 0 Å². The van der Waals surface area contributed by atoms with E-state index in [1.165, 1.54) is 32.1 Å². The third-order valence-corrected chi connectivity index (χ3v) is 3.65. The maximum absolute atomic E-state index is 11.0. The summed E-state index contributed by atoms with van der Waals surface area (Å²) in [6, 6.07) is 0. The van der Waals surface area contributed by atoms with Gasteiger partial charge in [0.15, 0.2) is 0 Å². The molecule has 0 saturated heterocycles. The van der Waals surface area contributed by atoms with Gasteiger partial charge in [-0.3, -0.25) is 0 Å². The van der Waals surface area contributed by atoms with Crippen LogP contribution in [0.2, 0.25) is 0 Å². The molecule has 0 heterocycles. The Balaban J connectivity index is 3.01. The molecule has 0 radical (unpaired) electrons. The van der Waals surface area contributed by atoms with Crippen molar-refractivity contribution in [3.63, 3.8) is 0 Å². The molecule has 2 nitrogen and oxygen atoms in total. The van der Waals surface area contributed by atoms with E-state index in [1.54, 1.807) is 0 Å². The predicted octanol–water partition coefficient (Wildman–Crippen LogP) is 0.592. The second-order valence-electron chi connectivity index (χ2n) is 3.25. The molecule has 0 aromatic rings. The van der Waals surface area contributed by atoms with Gasteiger partial charge in [0.25, 0.3) is 0 Å². The van der Waals surface area contributed by atoms with Gasteiger partial charge in [-0.15, -0.1) is 0 Å². The van der Waals surface area contributed by atoms with Crippen LogP contribution >= 0.6 is 0 Å². The van der Waals surface area contributed by atoms with Crippen LogP contribution < -0.4 is 21.2 Å². The van der Waals surface area contributed by atoms with Crippen molar-refractivity contribution in [3.8, 4) is 0 Å². The SMILES string of the molecule is CCCCCCCCOC(=O)[I-]CC. The minimum atomic E-state index is -0.328. The molecule has 0 saturated carbocycles. The summed E-state index contributed by atoms with van der Waals surface area (Å²) < 4.78 is 6.16. The normalized spacial score (nSPS) is 10.4. The van der Waals surface area contributed by atoms with Gasteiger partial charge >= 0.3 is 98.1 Å². The first kappa shape index (κ1) is 14.2. The molecule has 0 aromatic carbocycles. The fourth-order valence-electron chi connectivity index (χ4n) is 1.18. The molecule has 0 N–H and O–H groups in total. The first-order chi connectivity index (χ1) is 6.81. The van der Waals surface area contributed by atoms with E-state index in [2.05, 4.69) is 6.92 Å². The quantitative estimate of drug-likeness (QED) is 0.270. The van der Waals surface area contributed by atoms with Crippen LogP contribution in [0.25, 0.3) is 0 Å². The number of alkyl halides is 1. The van der Waals surface area contributed by atoms with Gasteiger partial charge in [-0.1, -0.05) is 0 Å². The molecule has 0 aliphatic rings. The number of hydrogen-bond donors (Lipinski definition) is 0. The van der Waals surface area contributed by atoms with Gasteiger partial charge < -0.3 is 0 Å². The minimum absolute atomic E-state index is 0.0693. The first-order valence-corrected chi connectivity index (χ1v) is 8.17. The van der Waals surface area contributed by atoms with E-state index in [0.717, 1.165) is 10.8 Å². The van der Waals surface area contributed by atoms with E-state index in [9.17, 15) is 4.79 Å². The van der Waals surface area contributed by atoms with Crippen LogP contribution in [0.1, 0.15) is 52.4 Å². The molecule has 0 aromatic heterocycles. The zero-order valence-corrected chi connectivity index (χ0v) is 11.5. The number of rotatable bonds is 9. The molecule has 0 aliphatic carbocycles. The Hall–Kier alpha value is 0.200. The fraction of sp³-hybridized carbons (Fsp3) is 0.909. The summed E-state index contributed by atoms with van der Waals surface area (Å²) in [4.78, 5) is 11.0. The van der Waals surface area contributed by atoms with Crippen LogP contribution in [0, 0.1) is 0 Å². The van der Waals surface area contributed by atoms with Gasteiger partial charge in [0.1, 0.15) is 0 Å². The van der Waals surface area contributed by atoms with Crippen molar-refractivity contribution in [3.05, 3.63) is 0 Å². The Labute approximate surface area is 98.0 Å². The Bertz CT molecular complexity index is 137. The molecule has 14 heavy (non-hydrogen) atoms. The van der Waals surface area contributed by atoms with Gasteiger partial charge in [0.2, 0.25) is 0 Å². The molecule has 0 aliphatic heterocycles. The molecule has 0 amide bonds. The average Bonchev–Trinajstić information content (AvgIpc) is 2.17. The number of unbranched alkanes of at least 4 members (excludes halogenated alkanes) is 5. The van der Waals surface area contributed by atoms with Crippen LogP contribution in [-0.4, -0.2) is 15.0 Å².